The zero-order chi connectivity index (χ0) is 17.3. The van der Waals surface area contributed by atoms with Crippen LogP contribution in [0.2, 0.25) is 0 Å². The van der Waals surface area contributed by atoms with Crippen LogP contribution in [0.15, 0.2) is 12.1 Å². The molecule has 124 valence electrons. The first-order valence-electron chi connectivity index (χ1n) is 5.19. The molecule has 1 aromatic carbocycles. The third-order valence-corrected chi connectivity index (χ3v) is 2.96. The lowest BCUT2D eigenvalue weighted by atomic mass is 10.2. The van der Waals surface area contributed by atoms with Crippen molar-refractivity contribution in [2.75, 3.05) is 5.75 Å². The third kappa shape index (κ3) is 4.59. The lowest BCUT2D eigenvalue weighted by molar-refractivity contribution is -0.197. The number of esters is 1. The van der Waals surface area contributed by atoms with Crippen molar-refractivity contribution >= 4 is 16.1 Å². The van der Waals surface area contributed by atoms with Gasteiger partial charge in [0, 0.05) is 0 Å². The highest BCUT2D eigenvalue weighted by atomic mass is 32.2. The summed E-state index contributed by atoms with van der Waals surface area (Å²) in [5.41, 5.74) is -1.37. The van der Waals surface area contributed by atoms with Crippen molar-refractivity contribution in [2.24, 2.45) is 0 Å². The van der Waals surface area contributed by atoms with Crippen LogP contribution >= 0.6 is 0 Å². The van der Waals surface area contributed by atoms with Crippen molar-refractivity contribution in [3.8, 4) is 0 Å². The highest BCUT2D eigenvalue weighted by Crippen LogP contribution is 2.26. The molecule has 0 spiro atoms. The zero-order valence-electron chi connectivity index (χ0n) is 10.2. The third-order valence-electron chi connectivity index (χ3n) is 2.23. The molecule has 1 aromatic rings. The number of rotatable bonds is 4. The Balaban J connectivity index is 3.10. The van der Waals surface area contributed by atoms with E-state index in [0.717, 1.165) is 0 Å². The molecule has 0 aromatic heterocycles. The minimum Gasteiger partial charge on any atom is -0.448 e. The summed E-state index contributed by atoms with van der Waals surface area (Å²) < 4.78 is 109. The molecule has 0 aliphatic heterocycles. The lowest BCUT2D eigenvalue weighted by Gasteiger charge is -2.19. The van der Waals surface area contributed by atoms with Gasteiger partial charge in [-0.15, -0.1) is 0 Å². The molecular formula is C10H6F6O5S. The van der Waals surface area contributed by atoms with Gasteiger partial charge in [0.1, 0.15) is 5.75 Å². The van der Waals surface area contributed by atoms with Crippen molar-refractivity contribution in [3.63, 3.8) is 0 Å². The highest BCUT2D eigenvalue weighted by Gasteiger charge is 2.45. The predicted molar refractivity (Wildman–Crippen MR) is 58.0 cm³/mol. The predicted octanol–water partition coefficient (Wildman–Crippen LogP) is 2.08. The first-order chi connectivity index (χ1) is 9.83. The van der Waals surface area contributed by atoms with E-state index in [1.54, 1.807) is 0 Å². The summed E-state index contributed by atoms with van der Waals surface area (Å²) in [6, 6.07) is 0.581. The number of halogens is 6. The van der Waals surface area contributed by atoms with Crippen LogP contribution in [0.4, 0.5) is 26.3 Å². The van der Waals surface area contributed by atoms with Crippen molar-refractivity contribution < 1.29 is 48.8 Å². The summed E-state index contributed by atoms with van der Waals surface area (Å²) in [5.74, 6) is -10.0. The molecule has 0 saturated heterocycles. The van der Waals surface area contributed by atoms with Crippen molar-refractivity contribution in [3.05, 3.63) is 35.1 Å². The Labute approximate surface area is 119 Å². The van der Waals surface area contributed by atoms with Crippen LogP contribution in [0.3, 0.4) is 0 Å². The van der Waals surface area contributed by atoms with E-state index in [-0.39, 0.29) is 6.07 Å². The monoisotopic (exact) mass is 352 g/mol. The molecule has 0 amide bonds. The van der Waals surface area contributed by atoms with E-state index in [1.165, 1.54) is 0 Å². The molecule has 1 unspecified atom stereocenters. The molecule has 0 radical (unpaired) electrons. The van der Waals surface area contributed by atoms with Crippen LogP contribution in [0.25, 0.3) is 0 Å². The minimum atomic E-state index is -5.40. The fourth-order valence-electron chi connectivity index (χ4n) is 1.26. The Kier molecular flexibility index (Phi) is 5.07. The first kappa shape index (κ1) is 18.2. The topological polar surface area (TPSA) is 80.7 Å². The Morgan fingerprint density at radius 1 is 1.18 bits per heavy atom. The van der Waals surface area contributed by atoms with Gasteiger partial charge >= 0.3 is 12.1 Å². The summed E-state index contributed by atoms with van der Waals surface area (Å²) >= 11 is 0. The average molecular weight is 352 g/mol. The molecule has 22 heavy (non-hydrogen) atoms. The summed E-state index contributed by atoms with van der Waals surface area (Å²) in [6.45, 7) is 0. The molecule has 0 heterocycles. The number of ether oxygens (including phenoxy) is 1. The molecule has 12 heteroatoms. The number of hydrogen-bond donors (Lipinski definition) is 1. The molecular weight excluding hydrogens is 346 g/mol. The van der Waals surface area contributed by atoms with E-state index in [9.17, 15) is 39.6 Å². The standard InChI is InChI=1S/C10H6F6O5S/c11-5-2-1-4(7(12)8(5)13)9(17)21-6(10(14,15)16)3-22(18,19)20/h1-2,6H,3H2,(H,18,19,20). The fourth-order valence-corrected chi connectivity index (χ4v) is 1.90. The summed E-state index contributed by atoms with van der Waals surface area (Å²) in [7, 11) is -5.18. The molecule has 0 saturated carbocycles. The van der Waals surface area contributed by atoms with Crippen LogP contribution in [0, 0.1) is 17.5 Å². The maximum Gasteiger partial charge on any atom is 0.426 e. The van der Waals surface area contributed by atoms with Gasteiger partial charge in [0.05, 0.1) is 5.56 Å². The van der Waals surface area contributed by atoms with Gasteiger partial charge in [0.2, 0.25) is 6.10 Å². The molecule has 0 bridgehead atoms. The van der Waals surface area contributed by atoms with Gasteiger partial charge in [-0.1, -0.05) is 0 Å². The van der Waals surface area contributed by atoms with E-state index >= 15 is 0 Å². The Morgan fingerprint density at radius 3 is 2.18 bits per heavy atom. The maximum absolute atomic E-state index is 13.2. The second kappa shape index (κ2) is 6.12. The summed E-state index contributed by atoms with van der Waals surface area (Å²) in [4.78, 5) is 11.3. The second-order valence-electron chi connectivity index (χ2n) is 3.91. The van der Waals surface area contributed by atoms with Gasteiger partial charge in [-0.25, -0.2) is 18.0 Å². The quantitative estimate of drug-likeness (QED) is 0.388. The lowest BCUT2D eigenvalue weighted by Crippen LogP contribution is -2.39. The zero-order valence-corrected chi connectivity index (χ0v) is 11.0. The molecule has 1 atom stereocenters. The summed E-state index contributed by atoms with van der Waals surface area (Å²) in [5, 5.41) is 0. The largest absolute Gasteiger partial charge is 0.448 e. The number of benzene rings is 1. The minimum absolute atomic E-state index is 0.264. The van der Waals surface area contributed by atoms with Gasteiger partial charge in [0.25, 0.3) is 10.1 Å². The molecule has 5 nitrogen and oxygen atoms in total. The normalized spacial score (nSPS) is 13.8. The highest BCUT2D eigenvalue weighted by molar-refractivity contribution is 7.85. The smallest absolute Gasteiger partial charge is 0.426 e. The van der Waals surface area contributed by atoms with E-state index in [1.807, 2.05) is 0 Å². The number of carbonyl (C=O) groups is 1. The Hall–Kier alpha value is -1.82. The van der Waals surface area contributed by atoms with Crippen molar-refractivity contribution in [2.45, 2.75) is 12.3 Å². The first-order valence-corrected chi connectivity index (χ1v) is 6.80. The van der Waals surface area contributed by atoms with E-state index < -0.39 is 57.1 Å². The number of alkyl halides is 3. The van der Waals surface area contributed by atoms with E-state index in [2.05, 4.69) is 4.74 Å². The van der Waals surface area contributed by atoms with Gasteiger partial charge < -0.3 is 4.74 Å². The molecule has 1 N–H and O–H groups in total. The van der Waals surface area contributed by atoms with Crippen LogP contribution in [-0.4, -0.2) is 37.0 Å². The molecule has 0 aliphatic rings. The van der Waals surface area contributed by atoms with E-state index in [4.69, 9.17) is 4.55 Å². The van der Waals surface area contributed by atoms with E-state index in [0.29, 0.717) is 6.07 Å². The SMILES string of the molecule is O=C(OC(CS(=O)(=O)O)C(F)(F)F)c1ccc(F)c(F)c1F. The molecule has 0 aliphatic carbocycles. The van der Waals surface area contributed by atoms with Crippen LogP contribution in [0.1, 0.15) is 10.4 Å². The average Bonchev–Trinajstić information content (AvgIpc) is 2.32. The summed E-state index contributed by atoms with van der Waals surface area (Å²) in [6.07, 6.45) is -8.72. The van der Waals surface area contributed by atoms with Crippen LogP contribution in [-0.2, 0) is 14.9 Å². The maximum atomic E-state index is 13.2. The van der Waals surface area contributed by atoms with Crippen molar-refractivity contribution in [1.29, 1.82) is 0 Å². The Bertz CT molecular complexity index is 684. The van der Waals surface area contributed by atoms with Crippen LogP contribution in [0.5, 0.6) is 0 Å². The molecule has 1 rings (SSSR count). The fraction of sp³-hybridized carbons (Fsp3) is 0.300. The van der Waals surface area contributed by atoms with Gasteiger partial charge in [-0.2, -0.15) is 21.6 Å². The Morgan fingerprint density at radius 2 is 1.73 bits per heavy atom. The van der Waals surface area contributed by atoms with Gasteiger partial charge in [-0.3, -0.25) is 4.55 Å². The van der Waals surface area contributed by atoms with Gasteiger partial charge in [-0.05, 0) is 12.1 Å². The van der Waals surface area contributed by atoms with Gasteiger partial charge in [0.15, 0.2) is 17.5 Å². The number of carbonyl (C=O) groups excluding carboxylic acids is 1. The second-order valence-corrected chi connectivity index (χ2v) is 5.40. The van der Waals surface area contributed by atoms with Crippen LogP contribution < -0.4 is 0 Å². The number of hydrogen-bond acceptors (Lipinski definition) is 4. The van der Waals surface area contributed by atoms with Crippen molar-refractivity contribution in [1.82, 2.24) is 0 Å². The molecule has 0 fully saturated rings.